The van der Waals surface area contributed by atoms with Gasteiger partial charge in [0.2, 0.25) is 0 Å². The molecule has 4 heteroatoms. The highest BCUT2D eigenvalue weighted by atomic mass is 35.5. The summed E-state index contributed by atoms with van der Waals surface area (Å²) in [4.78, 5) is 2.14. The molecular weight excluding hydrogens is 241 g/mol. The molecule has 0 saturated carbocycles. The third kappa shape index (κ3) is 2.97. The van der Waals surface area contributed by atoms with Gasteiger partial charge in [0.15, 0.2) is 0 Å². The maximum Gasteiger partial charge on any atom is 0.129 e. The number of benzene rings is 1. The van der Waals surface area contributed by atoms with Gasteiger partial charge in [0.1, 0.15) is 5.82 Å². The Morgan fingerprint density at radius 1 is 1.59 bits per heavy atom. The lowest BCUT2D eigenvalue weighted by Gasteiger charge is -2.18. The normalized spacial score (nSPS) is 22.9. The number of nitrogens with zero attached hydrogens (tertiary/aromatic N) is 1. The number of hydrogen-bond donors (Lipinski definition) is 1. The maximum atomic E-state index is 13.6. The van der Waals surface area contributed by atoms with Crippen molar-refractivity contribution < 1.29 is 9.50 Å². The Labute approximate surface area is 106 Å². The second kappa shape index (κ2) is 5.34. The Morgan fingerprint density at radius 2 is 2.35 bits per heavy atom. The molecular formula is C13H17ClFNO. The molecule has 2 nitrogen and oxygen atoms in total. The Morgan fingerprint density at radius 3 is 2.94 bits per heavy atom. The van der Waals surface area contributed by atoms with Crippen LogP contribution in [0.5, 0.6) is 0 Å². The smallest absolute Gasteiger partial charge is 0.129 e. The van der Waals surface area contributed by atoms with E-state index in [9.17, 15) is 9.50 Å². The molecule has 1 fully saturated rings. The Balaban J connectivity index is 2.03. The lowest BCUT2D eigenvalue weighted by atomic mass is 10.0. The molecule has 0 aliphatic carbocycles. The highest BCUT2D eigenvalue weighted by Gasteiger charge is 2.26. The van der Waals surface area contributed by atoms with Crippen molar-refractivity contribution in [3.05, 3.63) is 34.6 Å². The van der Waals surface area contributed by atoms with E-state index < -0.39 is 0 Å². The fraction of sp³-hybridized carbons (Fsp3) is 0.538. The number of aliphatic hydroxyl groups is 1. The molecule has 0 spiro atoms. The largest absolute Gasteiger partial charge is 0.393 e. The van der Waals surface area contributed by atoms with E-state index in [2.05, 4.69) is 4.90 Å². The summed E-state index contributed by atoms with van der Waals surface area (Å²) < 4.78 is 13.6. The minimum absolute atomic E-state index is 0.252. The number of halogens is 2. The summed E-state index contributed by atoms with van der Waals surface area (Å²) in [5.74, 6) is 0.0403. The van der Waals surface area contributed by atoms with Gasteiger partial charge in [-0.05, 0) is 37.9 Å². The first kappa shape index (κ1) is 12.8. The van der Waals surface area contributed by atoms with E-state index >= 15 is 0 Å². The van der Waals surface area contributed by atoms with Crippen LogP contribution in [0.4, 0.5) is 4.39 Å². The zero-order chi connectivity index (χ0) is 12.4. The average molecular weight is 258 g/mol. The molecule has 0 amide bonds. The molecule has 1 N–H and O–H groups in total. The summed E-state index contributed by atoms with van der Waals surface area (Å²) in [6, 6.07) is 4.76. The minimum atomic E-state index is -0.295. The van der Waals surface area contributed by atoms with Crippen LogP contribution in [0.2, 0.25) is 5.02 Å². The van der Waals surface area contributed by atoms with E-state index in [1.54, 1.807) is 12.1 Å². The van der Waals surface area contributed by atoms with Crippen LogP contribution in [0.15, 0.2) is 18.2 Å². The standard InChI is InChI=1S/C13H17ClFNO/c1-9(17)10-5-6-16(7-10)8-11-12(14)3-2-4-13(11)15/h2-4,9-10,17H,5-8H2,1H3. The van der Waals surface area contributed by atoms with Gasteiger partial charge >= 0.3 is 0 Å². The van der Waals surface area contributed by atoms with Crippen molar-refractivity contribution in [2.45, 2.75) is 26.0 Å². The monoisotopic (exact) mass is 257 g/mol. The summed E-state index contributed by atoms with van der Waals surface area (Å²) in [7, 11) is 0. The van der Waals surface area contributed by atoms with Crippen LogP contribution in [-0.4, -0.2) is 29.2 Å². The van der Waals surface area contributed by atoms with Crippen molar-refractivity contribution in [2.75, 3.05) is 13.1 Å². The van der Waals surface area contributed by atoms with Gasteiger partial charge in [0, 0.05) is 23.7 Å². The number of likely N-dealkylation sites (tertiary alicyclic amines) is 1. The van der Waals surface area contributed by atoms with Gasteiger partial charge in [-0.2, -0.15) is 0 Å². The Kier molecular flexibility index (Phi) is 4.02. The minimum Gasteiger partial charge on any atom is -0.393 e. The topological polar surface area (TPSA) is 23.5 Å². The molecule has 2 rings (SSSR count). The molecule has 2 unspecified atom stereocenters. The van der Waals surface area contributed by atoms with Crippen molar-refractivity contribution in [2.24, 2.45) is 5.92 Å². The van der Waals surface area contributed by atoms with Gasteiger partial charge in [0.25, 0.3) is 0 Å². The first-order valence-electron chi connectivity index (χ1n) is 5.91. The summed E-state index contributed by atoms with van der Waals surface area (Å²) in [6.45, 7) is 4.03. The number of rotatable bonds is 3. The van der Waals surface area contributed by atoms with Gasteiger partial charge in [-0.15, -0.1) is 0 Å². The molecule has 17 heavy (non-hydrogen) atoms. The van der Waals surface area contributed by atoms with Gasteiger partial charge in [-0.1, -0.05) is 17.7 Å². The van der Waals surface area contributed by atoms with Gasteiger partial charge in [-0.25, -0.2) is 4.39 Å². The van der Waals surface area contributed by atoms with Crippen LogP contribution in [0, 0.1) is 11.7 Å². The van der Waals surface area contributed by atoms with Crippen molar-refractivity contribution >= 4 is 11.6 Å². The summed E-state index contributed by atoms with van der Waals surface area (Å²) in [5, 5.41) is 10.00. The van der Waals surface area contributed by atoms with Gasteiger partial charge < -0.3 is 5.11 Å². The van der Waals surface area contributed by atoms with Crippen LogP contribution in [-0.2, 0) is 6.54 Å². The quantitative estimate of drug-likeness (QED) is 0.900. The summed E-state index contributed by atoms with van der Waals surface area (Å²) in [5.41, 5.74) is 0.556. The van der Waals surface area contributed by atoms with Crippen molar-refractivity contribution in [3.63, 3.8) is 0 Å². The number of aliphatic hydroxyl groups excluding tert-OH is 1. The first-order valence-corrected chi connectivity index (χ1v) is 6.29. The van der Waals surface area contributed by atoms with Crippen LogP contribution >= 0.6 is 11.6 Å². The molecule has 0 aromatic heterocycles. The SMILES string of the molecule is CC(O)C1CCN(Cc2c(F)cccc2Cl)C1. The van der Waals surface area contributed by atoms with E-state index in [4.69, 9.17) is 11.6 Å². The van der Waals surface area contributed by atoms with E-state index in [0.717, 1.165) is 19.5 Å². The third-order valence-electron chi connectivity index (χ3n) is 3.43. The van der Waals surface area contributed by atoms with Crippen molar-refractivity contribution in [3.8, 4) is 0 Å². The lowest BCUT2D eigenvalue weighted by Crippen LogP contribution is -2.24. The van der Waals surface area contributed by atoms with E-state index in [0.29, 0.717) is 23.0 Å². The van der Waals surface area contributed by atoms with Crippen LogP contribution in [0.3, 0.4) is 0 Å². The van der Waals surface area contributed by atoms with E-state index in [-0.39, 0.29) is 11.9 Å². The van der Waals surface area contributed by atoms with E-state index in [1.165, 1.54) is 6.07 Å². The highest BCUT2D eigenvalue weighted by Crippen LogP contribution is 2.25. The molecule has 0 bridgehead atoms. The van der Waals surface area contributed by atoms with Gasteiger partial charge in [0.05, 0.1) is 6.10 Å². The second-order valence-electron chi connectivity index (χ2n) is 4.72. The van der Waals surface area contributed by atoms with Crippen molar-refractivity contribution in [1.82, 2.24) is 4.90 Å². The third-order valence-corrected chi connectivity index (χ3v) is 3.79. The lowest BCUT2D eigenvalue weighted by molar-refractivity contribution is 0.127. The Hall–Kier alpha value is -0.640. The van der Waals surface area contributed by atoms with E-state index in [1.807, 2.05) is 6.92 Å². The fourth-order valence-electron chi connectivity index (χ4n) is 2.31. The van der Waals surface area contributed by atoms with Crippen molar-refractivity contribution in [1.29, 1.82) is 0 Å². The zero-order valence-corrected chi connectivity index (χ0v) is 10.6. The predicted molar refractivity (Wildman–Crippen MR) is 66.5 cm³/mol. The molecule has 1 heterocycles. The second-order valence-corrected chi connectivity index (χ2v) is 5.13. The molecule has 2 atom stereocenters. The molecule has 1 aromatic rings. The average Bonchev–Trinajstić information content (AvgIpc) is 2.72. The summed E-state index contributed by atoms with van der Waals surface area (Å²) >= 11 is 5.99. The molecule has 1 saturated heterocycles. The molecule has 1 aromatic carbocycles. The highest BCUT2D eigenvalue weighted by molar-refractivity contribution is 6.31. The maximum absolute atomic E-state index is 13.6. The van der Waals surface area contributed by atoms with Crippen LogP contribution in [0.25, 0.3) is 0 Å². The predicted octanol–water partition coefficient (Wildman–Crippen LogP) is 2.68. The van der Waals surface area contributed by atoms with Crippen LogP contribution in [0.1, 0.15) is 18.9 Å². The van der Waals surface area contributed by atoms with Gasteiger partial charge in [-0.3, -0.25) is 4.90 Å². The molecule has 1 aliphatic rings. The first-order chi connectivity index (χ1) is 8.08. The molecule has 94 valence electrons. The zero-order valence-electron chi connectivity index (χ0n) is 9.87. The molecule has 1 aliphatic heterocycles. The summed E-state index contributed by atoms with van der Waals surface area (Å²) in [6.07, 6.45) is 0.667. The fourth-order valence-corrected chi connectivity index (χ4v) is 2.53. The number of hydrogen-bond acceptors (Lipinski definition) is 2. The molecule has 0 radical (unpaired) electrons. The Bertz CT molecular complexity index is 377. The van der Waals surface area contributed by atoms with Crippen LogP contribution < -0.4 is 0 Å².